The molecule has 0 heterocycles. The Bertz CT molecular complexity index is 568. The number of halogens is 1. The third kappa shape index (κ3) is 3.83. The standard InChI is InChI=1S/C17H20FNO2/c1-19(14-7-2-3-8-14)17(21)15-12-13(6-4-5-11-20)9-10-16(15)18/h9-10,12,14,20H,2-3,5,7-8,11H2,1H3. The van der Waals surface area contributed by atoms with Gasteiger partial charge in [-0.1, -0.05) is 24.7 Å². The molecule has 0 aliphatic heterocycles. The van der Waals surface area contributed by atoms with Gasteiger partial charge in [0.2, 0.25) is 0 Å². The predicted octanol–water partition coefficient (Wildman–Crippen LogP) is 2.57. The van der Waals surface area contributed by atoms with E-state index in [0.717, 1.165) is 25.7 Å². The van der Waals surface area contributed by atoms with Gasteiger partial charge < -0.3 is 10.0 Å². The fourth-order valence-electron chi connectivity index (χ4n) is 2.63. The first kappa shape index (κ1) is 15.5. The van der Waals surface area contributed by atoms with Crippen LogP contribution in [0.4, 0.5) is 4.39 Å². The smallest absolute Gasteiger partial charge is 0.256 e. The average Bonchev–Trinajstić information content (AvgIpc) is 3.02. The molecule has 0 aromatic heterocycles. The van der Waals surface area contributed by atoms with Crippen LogP contribution in [0.15, 0.2) is 18.2 Å². The Morgan fingerprint density at radius 2 is 2.14 bits per heavy atom. The summed E-state index contributed by atoms with van der Waals surface area (Å²) in [6.45, 7) is -0.00952. The maximum Gasteiger partial charge on any atom is 0.256 e. The van der Waals surface area contributed by atoms with E-state index in [4.69, 9.17) is 5.11 Å². The van der Waals surface area contributed by atoms with Crippen molar-refractivity contribution in [1.82, 2.24) is 4.90 Å². The number of hydrogen-bond donors (Lipinski definition) is 1. The molecule has 21 heavy (non-hydrogen) atoms. The van der Waals surface area contributed by atoms with Crippen molar-refractivity contribution >= 4 is 5.91 Å². The van der Waals surface area contributed by atoms with Gasteiger partial charge >= 0.3 is 0 Å². The number of hydrogen-bond acceptors (Lipinski definition) is 2. The molecule has 1 saturated carbocycles. The van der Waals surface area contributed by atoms with Crippen molar-refractivity contribution in [2.24, 2.45) is 0 Å². The summed E-state index contributed by atoms with van der Waals surface area (Å²) >= 11 is 0. The summed E-state index contributed by atoms with van der Waals surface area (Å²) in [6, 6.07) is 4.53. The molecular formula is C17H20FNO2. The van der Waals surface area contributed by atoms with Gasteiger partial charge in [-0.25, -0.2) is 4.39 Å². The molecule has 0 saturated heterocycles. The number of carbonyl (C=O) groups excluding carboxylic acids is 1. The van der Waals surface area contributed by atoms with Gasteiger partial charge in [-0.15, -0.1) is 0 Å². The summed E-state index contributed by atoms with van der Waals surface area (Å²) < 4.78 is 13.9. The van der Waals surface area contributed by atoms with Crippen LogP contribution in [-0.4, -0.2) is 35.6 Å². The summed E-state index contributed by atoms with van der Waals surface area (Å²) in [5.74, 6) is 4.80. The quantitative estimate of drug-likeness (QED) is 0.869. The van der Waals surface area contributed by atoms with E-state index in [2.05, 4.69) is 11.8 Å². The molecule has 0 spiro atoms. The summed E-state index contributed by atoms with van der Waals surface area (Å²) in [5.41, 5.74) is 0.660. The fraction of sp³-hybridized carbons (Fsp3) is 0.471. The molecule has 1 fully saturated rings. The Kier molecular flexibility index (Phi) is 5.35. The van der Waals surface area contributed by atoms with Crippen LogP contribution in [-0.2, 0) is 0 Å². The van der Waals surface area contributed by atoms with Crippen LogP contribution in [0.2, 0.25) is 0 Å². The zero-order chi connectivity index (χ0) is 15.2. The number of nitrogens with zero attached hydrogens (tertiary/aromatic N) is 1. The first-order valence-electron chi connectivity index (χ1n) is 7.30. The lowest BCUT2D eigenvalue weighted by Gasteiger charge is -2.24. The van der Waals surface area contributed by atoms with E-state index in [0.29, 0.717) is 12.0 Å². The molecule has 1 aliphatic rings. The van der Waals surface area contributed by atoms with Crippen molar-refractivity contribution in [3.63, 3.8) is 0 Å². The number of benzene rings is 1. The molecule has 1 aromatic rings. The average molecular weight is 289 g/mol. The van der Waals surface area contributed by atoms with Crippen molar-refractivity contribution in [3.05, 3.63) is 35.1 Å². The highest BCUT2D eigenvalue weighted by molar-refractivity contribution is 5.95. The third-order valence-electron chi connectivity index (χ3n) is 3.86. The molecule has 1 amide bonds. The van der Waals surface area contributed by atoms with E-state index in [1.807, 2.05) is 0 Å². The number of aliphatic hydroxyl groups excluding tert-OH is 1. The number of aliphatic hydroxyl groups is 1. The van der Waals surface area contributed by atoms with Crippen LogP contribution >= 0.6 is 0 Å². The van der Waals surface area contributed by atoms with Gasteiger partial charge in [-0.05, 0) is 31.0 Å². The topological polar surface area (TPSA) is 40.5 Å². The summed E-state index contributed by atoms with van der Waals surface area (Å²) in [7, 11) is 1.74. The normalized spacial score (nSPS) is 14.6. The zero-order valence-corrected chi connectivity index (χ0v) is 12.2. The lowest BCUT2D eigenvalue weighted by Crippen LogP contribution is -2.35. The number of rotatable bonds is 3. The van der Waals surface area contributed by atoms with Gasteiger partial charge in [0.25, 0.3) is 5.91 Å². The van der Waals surface area contributed by atoms with E-state index in [1.165, 1.54) is 12.1 Å². The van der Waals surface area contributed by atoms with Gasteiger partial charge in [0, 0.05) is 25.1 Å². The monoisotopic (exact) mass is 289 g/mol. The Hall–Kier alpha value is -1.86. The molecule has 3 nitrogen and oxygen atoms in total. The summed E-state index contributed by atoms with van der Waals surface area (Å²) in [6.07, 6.45) is 4.58. The second-order valence-electron chi connectivity index (χ2n) is 5.32. The van der Waals surface area contributed by atoms with Crippen molar-refractivity contribution in [1.29, 1.82) is 0 Å². The van der Waals surface area contributed by atoms with Crippen molar-refractivity contribution in [2.75, 3.05) is 13.7 Å². The molecule has 2 rings (SSSR count). The Labute approximate surface area is 124 Å². The van der Waals surface area contributed by atoms with Crippen molar-refractivity contribution < 1.29 is 14.3 Å². The van der Waals surface area contributed by atoms with E-state index in [-0.39, 0.29) is 24.1 Å². The maximum absolute atomic E-state index is 13.9. The van der Waals surface area contributed by atoms with E-state index < -0.39 is 5.82 Å². The highest BCUT2D eigenvalue weighted by atomic mass is 19.1. The highest BCUT2D eigenvalue weighted by Gasteiger charge is 2.25. The second kappa shape index (κ2) is 7.24. The Morgan fingerprint density at radius 1 is 1.43 bits per heavy atom. The van der Waals surface area contributed by atoms with Crippen molar-refractivity contribution in [2.45, 2.75) is 38.1 Å². The minimum absolute atomic E-state index is 0.00952. The largest absolute Gasteiger partial charge is 0.395 e. The molecule has 0 radical (unpaired) electrons. The van der Waals surface area contributed by atoms with Crippen molar-refractivity contribution in [3.8, 4) is 11.8 Å². The zero-order valence-electron chi connectivity index (χ0n) is 12.2. The van der Waals surface area contributed by atoms with Crippen LogP contribution in [0.3, 0.4) is 0 Å². The second-order valence-corrected chi connectivity index (χ2v) is 5.32. The number of amides is 1. The van der Waals surface area contributed by atoms with Gasteiger partial charge in [-0.3, -0.25) is 4.79 Å². The molecular weight excluding hydrogens is 269 g/mol. The fourth-order valence-corrected chi connectivity index (χ4v) is 2.63. The molecule has 1 aliphatic carbocycles. The third-order valence-corrected chi connectivity index (χ3v) is 3.86. The minimum atomic E-state index is -0.516. The van der Waals surface area contributed by atoms with Gasteiger partial charge in [0.15, 0.2) is 0 Å². The van der Waals surface area contributed by atoms with Gasteiger partial charge in [0.05, 0.1) is 12.2 Å². The predicted molar refractivity (Wildman–Crippen MR) is 79.3 cm³/mol. The maximum atomic E-state index is 13.9. The first-order valence-corrected chi connectivity index (χ1v) is 7.30. The number of carbonyl (C=O) groups is 1. The minimum Gasteiger partial charge on any atom is -0.395 e. The summed E-state index contributed by atoms with van der Waals surface area (Å²) in [4.78, 5) is 14.1. The Balaban J connectivity index is 2.19. The molecule has 1 aromatic carbocycles. The van der Waals surface area contributed by atoms with Crippen LogP contribution in [0.1, 0.15) is 48.0 Å². The van der Waals surface area contributed by atoms with Crippen LogP contribution in [0.5, 0.6) is 0 Å². The summed E-state index contributed by atoms with van der Waals surface area (Å²) in [5, 5.41) is 8.70. The molecule has 0 atom stereocenters. The molecule has 1 N–H and O–H groups in total. The van der Waals surface area contributed by atoms with E-state index in [1.54, 1.807) is 18.0 Å². The van der Waals surface area contributed by atoms with Crippen LogP contribution in [0, 0.1) is 17.7 Å². The molecule has 0 unspecified atom stereocenters. The Morgan fingerprint density at radius 3 is 2.81 bits per heavy atom. The lowest BCUT2D eigenvalue weighted by molar-refractivity contribution is 0.0730. The van der Waals surface area contributed by atoms with Gasteiger partial charge in [-0.2, -0.15) is 0 Å². The highest BCUT2D eigenvalue weighted by Crippen LogP contribution is 2.24. The first-order chi connectivity index (χ1) is 10.1. The SMILES string of the molecule is CN(C(=O)c1cc(C#CCCO)ccc1F)C1CCCC1. The van der Waals surface area contributed by atoms with Gasteiger partial charge in [0.1, 0.15) is 5.82 Å². The molecule has 0 bridgehead atoms. The van der Waals surface area contributed by atoms with E-state index in [9.17, 15) is 9.18 Å². The van der Waals surface area contributed by atoms with E-state index >= 15 is 0 Å². The molecule has 112 valence electrons. The van der Waals surface area contributed by atoms with Crippen LogP contribution in [0.25, 0.3) is 0 Å². The lowest BCUT2D eigenvalue weighted by atomic mass is 10.1. The van der Waals surface area contributed by atoms with Crippen LogP contribution < -0.4 is 0 Å². The molecule has 4 heteroatoms.